The lowest BCUT2D eigenvalue weighted by atomic mass is 10.2. The summed E-state index contributed by atoms with van der Waals surface area (Å²) in [5.41, 5.74) is 0. The highest BCUT2D eigenvalue weighted by atomic mass is 35.5. The predicted molar refractivity (Wildman–Crippen MR) is 77.5 cm³/mol. The molecule has 2 nitrogen and oxygen atoms in total. The van der Waals surface area contributed by atoms with E-state index in [9.17, 15) is 0 Å². The van der Waals surface area contributed by atoms with Crippen LogP contribution in [0.25, 0.3) is 0 Å². The maximum Gasteiger partial charge on any atom is 0.187 e. The zero-order valence-electron chi connectivity index (χ0n) is 9.67. The van der Waals surface area contributed by atoms with Gasteiger partial charge >= 0.3 is 0 Å². The molecule has 1 aromatic rings. The van der Waals surface area contributed by atoms with Gasteiger partial charge in [0.05, 0.1) is 10.8 Å². The van der Waals surface area contributed by atoms with Crippen LogP contribution in [0.2, 0.25) is 5.15 Å². The largest absolute Gasteiger partial charge is 0.348 e. The summed E-state index contributed by atoms with van der Waals surface area (Å²) in [6, 6.07) is 0.470. The molecule has 6 heteroatoms. The third-order valence-corrected chi connectivity index (χ3v) is 5.10. The first kappa shape index (κ1) is 14.4. The molecule has 0 radical (unpaired) electrons. The number of halogens is 2. The van der Waals surface area contributed by atoms with Gasteiger partial charge in [0.25, 0.3) is 0 Å². The Labute approximate surface area is 115 Å². The highest BCUT2D eigenvalue weighted by Crippen LogP contribution is 2.31. The zero-order chi connectivity index (χ0) is 12.1. The molecule has 0 N–H and O–H groups in total. The van der Waals surface area contributed by atoms with Crippen LogP contribution in [0.1, 0.15) is 18.2 Å². The topological polar surface area (TPSA) is 16.1 Å². The quantitative estimate of drug-likeness (QED) is 0.735. The van der Waals surface area contributed by atoms with Crippen molar-refractivity contribution in [2.45, 2.75) is 25.3 Å². The van der Waals surface area contributed by atoms with Crippen LogP contribution < -0.4 is 4.90 Å². The van der Waals surface area contributed by atoms with E-state index in [1.165, 1.54) is 0 Å². The lowest BCUT2D eigenvalue weighted by molar-refractivity contribution is 0.667. The summed E-state index contributed by atoms with van der Waals surface area (Å²) in [6.07, 6.45) is 3.27. The average Bonchev–Trinajstić information content (AvgIpc) is 2.66. The van der Waals surface area contributed by atoms with Crippen molar-refractivity contribution < 1.29 is 0 Å². The van der Waals surface area contributed by atoms with E-state index in [1.807, 2.05) is 11.8 Å². The van der Waals surface area contributed by atoms with Gasteiger partial charge in [0, 0.05) is 13.1 Å². The number of anilines is 1. The van der Waals surface area contributed by atoms with Crippen molar-refractivity contribution in [2.75, 3.05) is 24.0 Å². The number of alkyl halides is 1. The van der Waals surface area contributed by atoms with Crippen molar-refractivity contribution in [2.24, 2.45) is 0 Å². The standard InChI is InChI=1S/C10H16Cl2N2S2/c1-7(4-5-15-3)14(2)10-13-9(12)8(6-11)16-10/h7H,4-6H2,1-3H3. The Bertz CT molecular complexity index is 331. The molecule has 1 aromatic heterocycles. The fourth-order valence-electron chi connectivity index (χ4n) is 1.23. The summed E-state index contributed by atoms with van der Waals surface area (Å²) in [5.74, 6) is 1.59. The number of hydrogen-bond donors (Lipinski definition) is 0. The molecule has 1 atom stereocenters. The maximum atomic E-state index is 5.98. The number of thiazole rings is 1. The van der Waals surface area contributed by atoms with E-state index < -0.39 is 0 Å². The first-order chi connectivity index (χ1) is 7.60. The Morgan fingerprint density at radius 2 is 2.25 bits per heavy atom. The van der Waals surface area contributed by atoms with Gasteiger partial charge in [-0.3, -0.25) is 0 Å². The molecule has 0 saturated carbocycles. The van der Waals surface area contributed by atoms with Crippen LogP contribution in [0.3, 0.4) is 0 Å². The average molecular weight is 299 g/mol. The Morgan fingerprint density at radius 3 is 2.75 bits per heavy atom. The molecule has 0 aliphatic rings. The highest BCUT2D eigenvalue weighted by molar-refractivity contribution is 7.98. The van der Waals surface area contributed by atoms with E-state index in [-0.39, 0.29) is 0 Å². The maximum absolute atomic E-state index is 5.98. The van der Waals surface area contributed by atoms with Crippen LogP contribution in [-0.4, -0.2) is 30.1 Å². The third-order valence-electron chi connectivity index (χ3n) is 2.46. The summed E-state index contributed by atoms with van der Waals surface area (Å²) in [6.45, 7) is 2.20. The van der Waals surface area contributed by atoms with Crippen molar-refractivity contribution >= 4 is 51.4 Å². The Morgan fingerprint density at radius 1 is 1.56 bits per heavy atom. The highest BCUT2D eigenvalue weighted by Gasteiger charge is 2.16. The number of rotatable bonds is 6. The summed E-state index contributed by atoms with van der Waals surface area (Å²) in [4.78, 5) is 7.45. The van der Waals surface area contributed by atoms with Crippen molar-refractivity contribution in [3.63, 3.8) is 0 Å². The monoisotopic (exact) mass is 298 g/mol. The van der Waals surface area contributed by atoms with Crippen LogP contribution in [0.5, 0.6) is 0 Å². The Hall–Kier alpha value is 0.360. The van der Waals surface area contributed by atoms with E-state index in [1.54, 1.807) is 11.3 Å². The van der Waals surface area contributed by atoms with Crippen molar-refractivity contribution in [3.8, 4) is 0 Å². The fourth-order valence-corrected chi connectivity index (χ4v) is 3.34. The smallest absolute Gasteiger partial charge is 0.187 e. The molecule has 0 aliphatic heterocycles. The molecule has 16 heavy (non-hydrogen) atoms. The molecule has 0 aliphatic carbocycles. The van der Waals surface area contributed by atoms with Gasteiger partial charge in [0.1, 0.15) is 5.15 Å². The second kappa shape index (κ2) is 6.94. The molecular weight excluding hydrogens is 283 g/mol. The lowest BCUT2D eigenvalue weighted by Gasteiger charge is -2.23. The molecule has 1 rings (SSSR count). The first-order valence-corrected chi connectivity index (χ1v) is 8.15. The second-order valence-corrected chi connectivity index (χ2v) is 6.26. The Balaban J connectivity index is 2.67. The molecule has 0 fully saturated rings. The minimum Gasteiger partial charge on any atom is -0.348 e. The van der Waals surface area contributed by atoms with Gasteiger partial charge in [-0.05, 0) is 25.4 Å². The molecule has 92 valence electrons. The summed E-state index contributed by atoms with van der Waals surface area (Å²) < 4.78 is 0. The predicted octanol–water partition coefficient (Wildman–Crippen LogP) is 4.11. The minimum absolute atomic E-state index is 0.434. The molecule has 0 aromatic carbocycles. The second-order valence-electron chi connectivity index (χ2n) is 3.59. The lowest BCUT2D eigenvalue weighted by Crippen LogP contribution is -2.29. The van der Waals surface area contributed by atoms with Gasteiger partial charge < -0.3 is 4.90 Å². The number of nitrogens with zero attached hydrogens (tertiary/aromatic N) is 2. The van der Waals surface area contributed by atoms with Gasteiger partial charge in [-0.15, -0.1) is 11.6 Å². The number of hydrogen-bond acceptors (Lipinski definition) is 4. The molecule has 0 bridgehead atoms. The molecular formula is C10H16Cl2N2S2. The van der Waals surface area contributed by atoms with Crippen molar-refractivity contribution in [3.05, 3.63) is 10.0 Å². The first-order valence-electron chi connectivity index (χ1n) is 5.03. The molecule has 1 unspecified atom stereocenters. The van der Waals surface area contributed by atoms with E-state index in [2.05, 4.69) is 30.1 Å². The zero-order valence-corrected chi connectivity index (χ0v) is 12.8. The summed E-state index contributed by atoms with van der Waals surface area (Å²) in [5, 5.41) is 1.49. The van der Waals surface area contributed by atoms with Crippen molar-refractivity contribution in [1.29, 1.82) is 0 Å². The molecule has 0 amide bonds. The van der Waals surface area contributed by atoms with Gasteiger partial charge in [0.15, 0.2) is 5.13 Å². The van der Waals surface area contributed by atoms with Gasteiger partial charge in [0.2, 0.25) is 0 Å². The molecule has 0 saturated heterocycles. The van der Waals surface area contributed by atoms with Gasteiger partial charge in [-0.2, -0.15) is 11.8 Å². The van der Waals surface area contributed by atoms with Crippen LogP contribution in [0.4, 0.5) is 5.13 Å². The van der Waals surface area contributed by atoms with E-state index in [0.29, 0.717) is 17.1 Å². The number of aromatic nitrogens is 1. The Kier molecular flexibility index (Phi) is 6.26. The van der Waals surface area contributed by atoms with E-state index in [4.69, 9.17) is 23.2 Å². The normalized spacial score (nSPS) is 12.8. The molecule has 1 heterocycles. The van der Waals surface area contributed by atoms with Crippen LogP contribution >= 0.6 is 46.3 Å². The summed E-state index contributed by atoms with van der Waals surface area (Å²) in [7, 11) is 2.05. The van der Waals surface area contributed by atoms with E-state index >= 15 is 0 Å². The van der Waals surface area contributed by atoms with E-state index in [0.717, 1.165) is 22.2 Å². The number of thioether (sulfide) groups is 1. The fraction of sp³-hybridized carbons (Fsp3) is 0.700. The van der Waals surface area contributed by atoms with Crippen molar-refractivity contribution in [1.82, 2.24) is 4.98 Å². The third kappa shape index (κ3) is 3.69. The van der Waals surface area contributed by atoms with Crippen LogP contribution in [0, 0.1) is 0 Å². The van der Waals surface area contributed by atoms with Crippen LogP contribution in [0.15, 0.2) is 0 Å². The minimum atomic E-state index is 0.434. The van der Waals surface area contributed by atoms with Gasteiger partial charge in [-0.25, -0.2) is 4.98 Å². The van der Waals surface area contributed by atoms with Gasteiger partial charge in [-0.1, -0.05) is 22.9 Å². The SMILES string of the molecule is CSCCC(C)N(C)c1nc(Cl)c(CCl)s1. The van der Waals surface area contributed by atoms with Crippen LogP contribution in [-0.2, 0) is 5.88 Å². The molecule has 0 spiro atoms. The summed E-state index contributed by atoms with van der Waals surface area (Å²) >= 11 is 15.2.